The summed E-state index contributed by atoms with van der Waals surface area (Å²) in [6.07, 6.45) is 4.36. The molecule has 8 nitrogen and oxygen atoms in total. The maximum Gasteiger partial charge on any atom is 0.228 e. The van der Waals surface area contributed by atoms with Crippen molar-refractivity contribution in [3.8, 4) is 22.9 Å². The Morgan fingerprint density at radius 2 is 1.75 bits per heavy atom. The SMILES string of the molecule is Cc1ccc2c(CS(=O)(=O)Cc3ccccc3)c(F)ccc2c1Oc1ncccc1-c1ccnc(N[C@@H]2CNC[C@H](C)C2)n1. The van der Waals surface area contributed by atoms with Crippen molar-refractivity contribution in [2.45, 2.75) is 37.8 Å². The molecule has 0 aliphatic carbocycles. The Morgan fingerprint density at radius 1 is 0.932 bits per heavy atom. The lowest BCUT2D eigenvalue weighted by Gasteiger charge is -2.28. The molecule has 1 saturated heterocycles. The molecule has 0 saturated carbocycles. The quantitative estimate of drug-likeness (QED) is 0.196. The van der Waals surface area contributed by atoms with Gasteiger partial charge < -0.3 is 15.4 Å². The summed E-state index contributed by atoms with van der Waals surface area (Å²) in [5.41, 5.74) is 2.87. The fourth-order valence-corrected chi connectivity index (χ4v) is 7.23. The molecule has 3 heterocycles. The number of nitrogens with one attached hydrogen (secondary N) is 2. The second kappa shape index (κ2) is 12.7. The van der Waals surface area contributed by atoms with E-state index in [1.165, 1.54) is 6.07 Å². The van der Waals surface area contributed by atoms with E-state index in [-0.39, 0.29) is 17.4 Å². The first-order valence-electron chi connectivity index (χ1n) is 14.6. The van der Waals surface area contributed by atoms with Crippen LogP contribution in [-0.4, -0.2) is 42.5 Å². The number of sulfone groups is 1. The molecule has 10 heteroatoms. The van der Waals surface area contributed by atoms with E-state index in [4.69, 9.17) is 9.72 Å². The third-order valence-electron chi connectivity index (χ3n) is 7.80. The number of hydrogen-bond acceptors (Lipinski definition) is 8. The van der Waals surface area contributed by atoms with Crippen molar-refractivity contribution < 1.29 is 17.5 Å². The highest BCUT2D eigenvalue weighted by Gasteiger charge is 2.22. The minimum Gasteiger partial charge on any atom is -0.437 e. The number of aromatic nitrogens is 3. The number of aryl methyl sites for hydroxylation is 1. The first kappa shape index (κ1) is 29.7. The van der Waals surface area contributed by atoms with Gasteiger partial charge in [0, 0.05) is 35.9 Å². The number of pyridine rings is 1. The van der Waals surface area contributed by atoms with Gasteiger partial charge in [-0.3, -0.25) is 0 Å². The molecule has 2 atom stereocenters. The van der Waals surface area contributed by atoms with Crippen molar-refractivity contribution in [1.82, 2.24) is 20.3 Å². The molecule has 226 valence electrons. The predicted octanol–water partition coefficient (Wildman–Crippen LogP) is 6.46. The van der Waals surface area contributed by atoms with E-state index in [0.29, 0.717) is 51.1 Å². The summed E-state index contributed by atoms with van der Waals surface area (Å²) in [7, 11) is -3.66. The fraction of sp³-hybridized carbons (Fsp3) is 0.265. The van der Waals surface area contributed by atoms with Crippen molar-refractivity contribution in [3.63, 3.8) is 0 Å². The molecule has 1 fully saturated rings. The van der Waals surface area contributed by atoms with Gasteiger partial charge in [-0.2, -0.15) is 0 Å². The molecule has 0 radical (unpaired) electrons. The van der Waals surface area contributed by atoms with E-state index in [2.05, 4.69) is 27.5 Å². The van der Waals surface area contributed by atoms with Gasteiger partial charge in [0.25, 0.3) is 0 Å². The van der Waals surface area contributed by atoms with Gasteiger partial charge in [0.15, 0.2) is 9.84 Å². The number of ether oxygens (including phenoxy) is 1. The monoisotopic (exact) mass is 611 g/mol. The highest BCUT2D eigenvalue weighted by Crippen LogP contribution is 2.38. The van der Waals surface area contributed by atoms with E-state index in [1.54, 1.807) is 60.9 Å². The third-order valence-corrected chi connectivity index (χ3v) is 9.30. The molecule has 3 aromatic carbocycles. The Kier molecular flexibility index (Phi) is 8.54. The predicted molar refractivity (Wildman–Crippen MR) is 171 cm³/mol. The van der Waals surface area contributed by atoms with Gasteiger partial charge in [0.05, 0.1) is 22.8 Å². The number of hydrogen-bond donors (Lipinski definition) is 2. The number of anilines is 1. The minimum absolute atomic E-state index is 0.113. The molecule has 2 aromatic heterocycles. The second-order valence-corrected chi connectivity index (χ2v) is 13.5. The van der Waals surface area contributed by atoms with Crippen LogP contribution in [0.25, 0.3) is 22.0 Å². The van der Waals surface area contributed by atoms with Gasteiger partial charge in [-0.25, -0.2) is 27.8 Å². The highest BCUT2D eigenvalue weighted by atomic mass is 32.2. The molecular formula is C34H34FN5O3S. The van der Waals surface area contributed by atoms with E-state index in [1.807, 2.05) is 25.1 Å². The van der Waals surface area contributed by atoms with Crippen LogP contribution in [0.2, 0.25) is 0 Å². The summed E-state index contributed by atoms with van der Waals surface area (Å²) >= 11 is 0. The first-order chi connectivity index (χ1) is 21.3. The Balaban J connectivity index is 1.32. The lowest BCUT2D eigenvalue weighted by atomic mass is 9.98. The third kappa shape index (κ3) is 6.71. The zero-order valence-electron chi connectivity index (χ0n) is 24.6. The van der Waals surface area contributed by atoms with Crippen LogP contribution < -0.4 is 15.4 Å². The van der Waals surface area contributed by atoms with Crippen LogP contribution in [0.4, 0.5) is 10.3 Å². The summed E-state index contributed by atoms with van der Waals surface area (Å²) in [6, 6.07) is 21.1. The summed E-state index contributed by atoms with van der Waals surface area (Å²) in [4.78, 5) is 13.7. The molecular weight excluding hydrogens is 577 g/mol. The molecule has 1 aliphatic heterocycles. The normalized spacial score (nSPS) is 17.0. The Bertz CT molecular complexity index is 1900. The van der Waals surface area contributed by atoms with Crippen molar-refractivity contribution in [1.29, 1.82) is 0 Å². The first-order valence-corrected chi connectivity index (χ1v) is 16.5. The van der Waals surface area contributed by atoms with Gasteiger partial charge >= 0.3 is 0 Å². The number of rotatable bonds is 9. The molecule has 1 aliphatic rings. The summed E-state index contributed by atoms with van der Waals surface area (Å²) < 4.78 is 48.0. The van der Waals surface area contributed by atoms with Crippen LogP contribution >= 0.6 is 0 Å². The fourth-order valence-electron chi connectivity index (χ4n) is 5.70. The molecule has 0 unspecified atom stereocenters. The van der Waals surface area contributed by atoms with Gasteiger partial charge in [-0.1, -0.05) is 49.4 Å². The number of piperidine rings is 1. The van der Waals surface area contributed by atoms with Gasteiger partial charge in [-0.05, 0) is 72.7 Å². The molecule has 0 bridgehead atoms. The summed E-state index contributed by atoms with van der Waals surface area (Å²) in [5.74, 6) is 0.686. The van der Waals surface area contributed by atoms with Crippen molar-refractivity contribution >= 4 is 26.6 Å². The van der Waals surface area contributed by atoms with E-state index in [0.717, 1.165) is 25.1 Å². The highest BCUT2D eigenvalue weighted by molar-refractivity contribution is 7.89. The average molecular weight is 612 g/mol. The van der Waals surface area contributed by atoms with E-state index in [9.17, 15) is 8.42 Å². The standard InChI is InChI=1S/C34H34FN5O3S/c1-22-17-25(19-36-18-22)39-34-38-16-14-31(40-34)28-9-6-15-37-33(28)43-32-23(2)10-11-26-27(32)12-13-30(35)29(26)21-44(41,42)20-24-7-4-3-5-8-24/h3-16,22,25,36H,17-21H2,1-2H3,(H,38,39,40)/t22-,25+/m1/s1. The number of benzene rings is 3. The maximum absolute atomic E-state index is 15.2. The van der Waals surface area contributed by atoms with Gasteiger partial charge in [0.1, 0.15) is 11.6 Å². The second-order valence-electron chi connectivity index (χ2n) is 11.4. The topological polar surface area (TPSA) is 106 Å². The Labute approximate surface area is 256 Å². The molecule has 2 N–H and O–H groups in total. The minimum atomic E-state index is -3.66. The Hall–Kier alpha value is -4.41. The lowest BCUT2D eigenvalue weighted by Crippen LogP contribution is -2.42. The van der Waals surface area contributed by atoms with Crippen molar-refractivity contribution in [3.05, 3.63) is 108 Å². The molecule has 6 rings (SSSR count). The lowest BCUT2D eigenvalue weighted by molar-refractivity contribution is 0.377. The largest absolute Gasteiger partial charge is 0.437 e. The summed E-state index contributed by atoms with van der Waals surface area (Å²) in [6.45, 7) is 5.95. The van der Waals surface area contributed by atoms with Crippen LogP contribution in [0.1, 0.15) is 30.0 Å². The van der Waals surface area contributed by atoms with Gasteiger partial charge in [0.2, 0.25) is 11.8 Å². The smallest absolute Gasteiger partial charge is 0.228 e. The number of nitrogens with zero attached hydrogens (tertiary/aromatic N) is 3. The molecule has 0 spiro atoms. The zero-order valence-corrected chi connectivity index (χ0v) is 25.4. The molecule has 44 heavy (non-hydrogen) atoms. The summed E-state index contributed by atoms with van der Waals surface area (Å²) in [5, 5.41) is 7.94. The van der Waals surface area contributed by atoms with Crippen LogP contribution in [0.3, 0.4) is 0 Å². The molecule has 5 aromatic rings. The van der Waals surface area contributed by atoms with Crippen molar-refractivity contribution in [2.24, 2.45) is 5.92 Å². The van der Waals surface area contributed by atoms with E-state index < -0.39 is 21.4 Å². The van der Waals surface area contributed by atoms with Gasteiger partial charge in [-0.15, -0.1) is 0 Å². The van der Waals surface area contributed by atoms with Crippen LogP contribution in [-0.2, 0) is 21.3 Å². The van der Waals surface area contributed by atoms with Crippen LogP contribution in [0, 0.1) is 18.7 Å². The number of fused-ring (bicyclic) bond motifs is 1. The van der Waals surface area contributed by atoms with E-state index >= 15 is 4.39 Å². The Morgan fingerprint density at radius 3 is 2.57 bits per heavy atom. The van der Waals surface area contributed by atoms with Crippen molar-refractivity contribution in [2.75, 3.05) is 18.4 Å². The maximum atomic E-state index is 15.2. The van der Waals surface area contributed by atoms with Crippen LogP contribution in [0.15, 0.2) is 85.2 Å². The molecule has 0 amide bonds. The number of halogens is 1. The average Bonchev–Trinajstić information content (AvgIpc) is 3.00. The van der Waals surface area contributed by atoms with Crippen LogP contribution in [0.5, 0.6) is 11.6 Å². The zero-order chi connectivity index (χ0) is 30.7.